The third kappa shape index (κ3) is 0.765. The summed E-state index contributed by atoms with van der Waals surface area (Å²) in [6.07, 6.45) is 3.05. The molecule has 1 saturated carbocycles. The first-order valence-electron chi connectivity index (χ1n) is 4.46. The van der Waals surface area contributed by atoms with Gasteiger partial charge in [-0.05, 0) is 19.3 Å². The Morgan fingerprint density at radius 2 is 2.08 bits per heavy atom. The number of carbonyl (C=O) groups is 2. The summed E-state index contributed by atoms with van der Waals surface area (Å²) in [4.78, 5) is 24.8. The molecule has 0 aromatic rings. The van der Waals surface area contributed by atoms with Crippen molar-refractivity contribution >= 4 is 11.7 Å². The average Bonchev–Trinajstić information content (AvgIpc) is 2.54. The number of nitrogens with zero attached hydrogens (tertiary/aromatic N) is 1. The predicted molar refractivity (Wildman–Crippen MR) is 43.5 cm³/mol. The predicted octanol–water partition coefficient (Wildman–Crippen LogP) is 0.588. The molecule has 2 aliphatic rings. The van der Waals surface area contributed by atoms with Crippen LogP contribution in [-0.4, -0.2) is 30.2 Å². The fourth-order valence-corrected chi connectivity index (χ4v) is 2.35. The van der Waals surface area contributed by atoms with Crippen LogP contribution in [-0.2, 0) is 9.59 Å². The molecule has 1 saturated heterocycles. The molecule has 0 N–H and O–H groups in total. The zero-order valence-electron chi connectivity index (χ0n) is 7.30. The Kier molecular flexibility index (Phi) is 1.50. The molecule has 3 nitrogen and oxygen atoms in total. The van der Waals surface area contributed by atoms with Crippen LogP contribution in [0, 0.1) is 5.41 Å². The maximum absolute atomic E-state index is 11.6. The fourth-order valence-electron chi connectivity index (χ4n) is 2.35. The van der Waals surface area contributed by atoms with Crippen LogP contribution in [0.4, 0.5) is 0 Å². The highest BCUT2D eigenvalue weighted by Crippen LogP contribution is 2.43. The summed E-state index contributed by atoms with van der Waals surface area (Å²) in [7, 11) is 1.78. The van der Waals surface area contributed by atoms with Crippen LogP contribution in [0.3, 0.4) is 0 Å². The number of hydrogen-bond acceptors (Lipinski definition) is 2. The van der Waals surface area contributed by atoms with E-state index in [-0.39, 0.29) is 11.7 Å². The summed E-state index contributed by atoms with van der Waals surface area (Å²) in [6, 6.07) is 0. The molecule has 2 fully saturated rings. The minimum atomic E-state index is -0.575. The molecule has 66 valence electrons. The smallest absolute Gasteiger partial charge is 0.236 e. The van der Waals surface area contributed by atoms with Gasteiger partial charge < -0.3 is 4.90 Å². The minimum Gasteiger partial charge on any atom is -0.345 e. The van der Waals surface area contributed by atoms with Crippen LogP contribution >= 0.6 is 0 Å². The van der Waals surface area contributed by atoms with Crippen molar-refractivity contribution in [2.45, 2.75) is 25.7 Å². The van der Waals surface area contributed by atoms with Crippen LogP contribution in [0.25, 0.3) is 0 Å². The van der Waals surface area contributed by atoms with Gasteiger partial charge in [0.15, 0.2) is 0 Å². The zero-order chi connectivity index (χ0) is 8.77. The van der Waals surface area contributed by atoms with Crippen molar-refractivity contribution in [1.29, 1.82) is 0 Å². The summed E-state index contributed by atoms with van der Waals surface area (Å²) < 4.78 is 0. The van der Waals surface area contributed by atoms with Gasteiger partial charge in [0.05, 0.1) is 0 Å². The number of amides is 1. The molecule has 1 aliphatic carbocycles. The van der Waals surface area contributed by atoms with Crippen molar-refractivity contribution in [2.24, 2.45) is 5.41 Å². The van der Waals surface area contributed by atoms with E-state index in [0.717, 1.165) is 25.8 Å². The van der Waals surface area contributed by atoms with E-state index in [0.29, 0.717) is 6.42 Å². The molecule has 0 unspecified atom stereocenters. The van der Waals surface area contributed by atoms with Gasteiger partial charge in [-0.1, -0.05) is 0 Å². The van der Waals surface area contributed by atoms with E-state index in [1.165, 1.54) is 0 Å². The Labute approximate surface area is 71.7 Å². The van der Waals surface area contributed by atoms with Crippen LogP contribution in [0.1, 0.15) is 25.7 Å². The topological polar surface area (TPSA) is 37.4 Å². The van der Waals surface area contributed by atoms with Crippen molar-refractivity contribution in [1.82, 2.24) is 4.90 Å². The van der Waals surface area contributed by atoms with Crippen molar-refractivity contribution in [3.8, 4) is 0 Å². The molecule has 0 aromatic heterocycles. The third-order valence-corrected chi connectivity index (χ3v) is 3.17. The number of ketones is 1. The van der Waals surface area contributed by atoms with E-state index >= 15 is 0 Å². The van der Waals surface area contributed by atoms with Crippen molar-refractivity contribution < 1.29 is 9.59 Å². The van der Waals surface area contributed by atoms with Gasteiger partial charge in [-0.3, -0.25) is 9.59 Å². The summed E-state index contributed by atoms with van der Waals surface area (Å²) >= 11 is 0. The molecule has 1 aliphatic heterocycles. The van der Waals surface area contributed by atoms with E-state index in [1.807, 2.05) is 0 Å². The molecule has 2 rings (SSSR count). The molecule has 1 amide bonds. The van der Waals surface area contributed by atoms with Crippen LogP contribution in [0.2, 0.25) is 0 Å². The molecule has 1 heterocycles. The second kappa shape index (κ2) is 2.31. The lowest BCUT2D eigenvalue weighted by molar-refractivity contribution is -0.141. The zero-order valence-corrected chi connectivity index (χ0v) is 7.30. The Hall–Kier alpha value is -0.860. The van der Waals surface area contributed by atoms with Gasteiger partial charge in [0.2, 0.25) is 5.91 Å². The van der Waals surface area contributed by atoms with Crippen molar-refractivity contribution in [3.63, 3.8) is 0 Å². The van der Waals surface area contributed by atoms with E-state index < -0.39 is 5.41 Å². The summed E-state index contributed by atoms with van der Waals surface area (Å²) in [6.45, 7) is 0.755. The molecule has 1 spiro atoms. The second-order valence-corrected chi connectivity index (χ2v) is 3.84. The van der Waals surface area contributed by atoms with Gasteiger partial charge >= 0.3 is 0 Å². The third-order valence-electron chi connectivity index (χ3n) is 3.17. The standard InChI is InChI=1S/C9H13NO2/c1-10-6-5-9(8(10)12)4-2-3-7(9)11/h2-6H2,1H3/t9-/m0/s1. The number of Topliss-reactive ketones (excluding diaryl/α,β-unsaturated/α-hetero) is 1. The number of hydrogen-bond donors (Lipinski definition) is 0. The van der Waals surface area contributed by atoms with Crippen molar-refractivity contribution in [2.75, 3.05) is 13.6 Å². The fraction of sp³-hybridized carbons (Fsp3) is 0.778. The quantitative estimate of drug-likeness (QED) is 0.495. The molecular formula is C9H13NO2. The first-order chi connectivity index (χ1) is 5.67. The van der Waals surface area contributed by atoms with Crippen LogP contribution in [0.15, 0.2) is 0 Å². The van der Waals surface area contributed by atoms with E-state index in [1.54, 1.807) is 11.9 Å². The number of likely N-dealkylation sites (tertiary alicyclic amines) is 1. The SMILES string of the molecule is CN1CC[C@]2(CCCC2=O)C1=O. The molecule has 0 aromatic carbocycles. The first kappa shape index (κ1) is 7.77. The molecule has 0 radical (unpaired) electrons. The normalized spacial score (nSPS) is 35.6. The van der Waals surface area contributed by atoms with Crippen molar-refractivity contribution in [3.05, 3.63) is 0 Å². The Morgan fingerprint density at radius 1 is 1.33 bits per heavy atom. The number of carbonyl (C=O) groups excluding carboxylic acids is 2. The Balaban J connectivity index is 2.32. The highest BCUT2D eigenvalue weighted by molar-refractivity contribution is 6.08. The van der Waals surface area contributed by atoms with E-state index in [4.69, 9.17) is 0 Å². The molecule has 1 atom stereocenters. The molecular weight excluding hydrogens is 154 g/mol. The summed E-state index contributed by atoms with van der Waals surface area (Å²) in [5.41, 5.74) is -0.575. The molecule has 3 heteroatoms. The van der Waals surface area contributed by atoms with Gasteiger partial charge in [0, 0.05) is 20.0 Å². The molecule has 12 heavy (non-hydrogen) atoms. The monoisotopic (exact) mass is 167 g/mol. The summed E-state index contributed by atoms with van der Waals surface area (Å²) in [5, 5.41) is 0. The Bertz CT molecular complexity index is 249. The average molecular weight is 167 g/mol. The van der Waals surface area contributed by atoms with Gasteiger partial charge in [0.1, 0.15) is 11.2 Å². The van der Waals surface area contributed by atoms with Gasteiger partial charge in [0.25, 0.3) is 0 Å². The lowest BCUT2D eigenvalue weighted by Crippen LogP contribution is -2.35. The van der Waals surface area contributed by atoms with Gasteiger partial charge in [-0.2, -0.15) is 0 Å². The Morgan fingerprint density at radius 3 is 2.50 bits per heavy atom. The van der Waals surface area contributed by atoms with E-state index in [2.05, 4.69) is 0 Å². The van der Waals surface area contributed by atoms with Gasteiger partial charge in [-0.15, -0.1) is 0 Å². The van der Waals surface area contributed by atoms with E-state index in [9.17, 15) is 9.59 Å². The highest BCUT2D eigenvalue weighted by Gasteiger charge is 2.52. The second-order valence-electron chi connectivity index (χ2n) is 3.84. The molecule has 0 bridgehead atoms. The lowest BCUT2D eigenvalue weighted by atomic mass is 9.84. The largest absolute Gasteiger partial charge is 0.345 e. The van der Waals surface area contributed by atoms with Crippen LogP contribution < -0.4 is 0 Å². The minimum absolute atomic E-state index is 0.0602. The summed E-state index contributed by atoms with van der Waals surface area (Å²) in [5.74, 6) is 0.238. The highest BCUT2D eigenvalue weighted by atomic mass is 16.2. The maximum atomic E-state index is 11.6. The number of rotatable bonds is 0. The maximum Gasteiger partial charge on any atom is 0.236 e. The first-order valence-corrected chi connectivity index (χ1v) is 4.46. The lowest BCUT2D eigenvalue weighted by Gasteiger charge is -2.18. The van der Waals surface area contributed by atoms with Crippen LogP contribution in [0.5, 0.6) is 0 Å². The van der Waals surface area contributed by atoms with Gasteiger partial charge in [-0.25, -0.2) is 0 Å².